The minimum Gasteiger partial charge on any atom is -0.475 e. The molecule has 1 aromatic rings. The number of rotatable bonds is 4. The summed E-state index contributed by atoms with van der Waals surface area (Å²) in [6.45, 7) is 5.86. The molecule has 0 aromatic heterocycles. The molecule has 8 nitrogen and oxygen atoms in total. The zero-order chi connectivity index (χ0) is 28.4. The number of hydrogen-bond acceptors (Lipinski definition) is 6. The Balaban J connectivity index is 0.000000404. The average molecular weight is 550 g/mol. The van der Waals surface area contributed by atoms with E-state index in [2.05, 4.69) is 23.9 Å². The Morgan fingerprint density at radius 2 is 1.57 bits per heavy atom. The molecule has 2 saturated heterocycles. The first-order valence-electron chi connectivity index (χ1n) is 10.9. The van der Waals surface area contributed by atoms with Crippen LogP contribution in [0.2, 0.25) is 0 Å². The van der Waals surface area contributed by atoms with Crippen LogP contribution in [0.1, 0.15) is 12.0 Å². The average Bonchev–Trinajstić information content (AvgIpc) is 3.02. The Bertz CT molecular complexity index is 841. The van der Waals surface area contributed by atoms with Crippen molar-refractivity contribution in [2.45, 2.75) is 30.9 Å². The molecule has 15 heteroatoms. The molecule has 2 unspecified atom stereocenters. The predicted octanol–water partition coefficient (Wildman–Crippen LogP) is 3.26. The van der Waals surface area contributed by atoms with Gasteiger partial charge >= 0.3 is 24.3 Å². The van der Waals surface area contributed by atoms with Gasteiger partial charge in [-0.05, 0) is 44.1 Å². The third-order valence-corrected chi connectivity index (χ3v) is 5.14. The van der Waals surface area contributed by atoms with E-state index in [-0.39, 0.29) is 11.4 Å². The van der Waals surface area contributed by atoms with Crippen LogP contribution in [-0.4, -0.2) is 103 Å². The van der Waals surface area contributed by atoms with Gasteiger partial charge in [0, 0.05) is 26.2 Å². The highest BCUT2D eigenvalue weighted by molar-refractivity contribution is 5.73. The zero-order valence-corrected chi connectivity index (χ0v) is 20.1. The first-order valence-corrected chi connectivity index (χ1v) is 10.9. The predicted molar refractivity (Wildman–Crippen MR) is 115 cm³/mol. The lowest BCUT2D eigenvalue weighted by molar-refractivity contribution is -0.193. The van der Waals surface area contributed by atoms with Crippen molar-refractivity contribution >= 4 is 11.9 Å². The van der Waals surface area contributed by atoms with E-state index in [0.29, 0.717) is 12.5 Å². The van der Waals surface area contributed by atoms with E-state index in [1.54, 1.807) is 0 Å². The van der Waals surface area contributed by atoms with E-state index in [1.165, 1.54) is 12.1 Å². The van der Waals surface area contributed by atoms with Crippen molar-refractivity contribution in [1.29, 1.82) is 0 Å². The highest BCUT2D eigenvalue weighted by atomic mass is 19.4. The van der Waals surface area contributed by atoms with Gasteiger partial charge in [-0.3, -0.25) is 4.90 Å². The van der Waals surface area contributed by atoms with Gasteiger partial charge in [-0.25, -0.2) is 14.0 Å². The van der Waals surface area contributed by atoms with Gasteiger partial charge < -0.3 is 24.6 Å². The fourth-order valence-corrected chi connectivity index (χ4v) is 3.75. The van der Waals surface area contributed by atoms with Gasteiger partial charge in [0.15, 0.2) is 0 Å². The van der Waals surface area contributed by atoms with Crippen LogP contribution < -0.4 is 0 Å². The van der Waals surface area contributed by atoms with Crippen molar-refractivity contribution in [2.24, 2.45) is 5.92 Å². The molecule has 1 spiro atoms. The number of alkyl halides is 6. The first-order chi connectivity index (χ1) is 16.9. The van der Waals surface area contributed by atoms with Crippen LogP contribution >= 0.6 is 0 Å². The van der Waals surface area contributed by atoms with Crippen molar-refractivity contribution in [3.05, 3.63) is 35.6 Å². The van der Waals surface area contributed by atoms with Crippen molar-refractivity contribution < 1.29 is 60.0 Å². The SMILES string of the molecule is CN(C)CC1COC2(COCCN(Cc3ccc(F)cc3)C2)C1.O=C(O)C(F)(F)F.O=C(O)C(F)(F)F. The molecule has 0 amide bonds. The molecular weight excluding hydrogens is 521 g/mol. The largest absolute Gasteiger partial charge is 0.490 e. The van der Waals surface area contributed by atoms with E-state index in [1.807, 2.05) is 12.1 Å². The van der Waals surface area contributed by atoms with Crippen molar-refractivity contribution in [1.82, 2.24) is 9.80 Å². The number of carbonyl (C=O) groups is 2. The van der Waals surface area contributed by atoms with E-state index >= 15 is 0 Å². The van der Waals surface area contributed by atoms with Gasteiger partial charge in [-0.15, -0.1) is 0 Å². The number of benzene rings is 1. The second kappa shape index (κ2) is 13.9. The second-order valence-corrected chi connectivity index (χ2v) is 8.82. The molecule has 2 aliphatic heterocycles. The molecule has 2 N–H and O–H groups in total. The summed E-state index contributed by atoms with van der Waals surface area (Å²) < 4.78 is 88.6. The molecule has 2 heterocycles. The van der Waals surface area contributed by atoms with Gasteiger partial charge in [-0.2, -0.15) is 26.3 Å². The van der Waals surface area contributed by atoms with Gasteiger partial charge in [0.05, 0.1) is 19.8 Å². The fourth-order valence-electron chi connectivity index (χ4n) is 3.75. The molecule has 1 aromatic carbocycles. The molecule has 0 radical (unpaired) electrons. The summed E-state index contributed by atoms with van der Waals surface area (Å²) >= 11 is 0. The topological polar surface area (TPSA) is 99.5 Å². The molecule has 3 rings (SSSR count). The number of aliphatic carboxylic acids is 2. The number of halogens is 7. The molecular formula is C22H29F7N2O6. The molecule has 2 atom stereocenters. The Hall–Kier alpha value is -2.49. The molecule has 0 bridgehead atoms. The Morgan fingerprint density at radius 1 is 1.05 bits per heavy atom. The lowest BCUT2D eigenvalue weighted by Gasteiger charge is -2.31. The lowest BCUT2D eigenvalue weighted by Crippen LogP contribution is -2.44. The second-order valence-electron chi connectivity index (χ2n) is 8.82. The third-order valence-electron chi connectivity index (χ3n) is 5.14. The van der Waals surface area contributed by atoms with Crippen LogP contribution in [0, 0.1) is 11.7 Å². The third kappa shape index (κ3) is 12.5. The molecule has 0 saturated carbocycles. The maximum atomic E-state index is 13.1. The van der Waals surface area contributed by atoms with Gasteiger partial charge in [0.1, 0.15) is 11.4 Å². The minimum atomic E-state index is -5.08. The number of nitrogens with zero attached hydrogens (tertiary/aromatic N) is 2. The molecule has 37 heavy (non-hydrogen) atoms. The Labute approximate surface area is 208 Å². The number of ether oxygens (including phenoxy) is 2. The quantitative estimate of drug-likeness (QED) is 0.552. The van der Waals surface area contributed by atoms with E-state index in [0.717, 1.165) is 51.4 Å². The molecule has 212 valence electrons. The summed E-state index contributed by atoms with van der Waals surface area (Å²) in [6, 6.07) is 6.77. The van der Waals surface area contributed by atoms with E-state index < -0.39 is 24.3 Å². The summed E-state index contributed by atoms with van der Waals surface area (Å²) in [6.07, 6.45) is -9.12. The monoisotopic (exact) mass is 550 g/mol. The van der Waals surface area contributed by atoms with Crippen molar-refractivity contribution in [3.8, 4) is 0 Å². The van der Waals surface area contributed by atoms with Crippen LogP contribution in [0.4, 0.5) is 30.7 Å². The van der Waals surface area contributed by atoms with Crippen LogP contribution in [0.15, 0.2) is 24.3 Å². The van der Waals surface area contributed by atoms with Crippen LogP contribution in [-0.2, 0) is 25.6 Å². The van der Waals surface area contributed by atoms with Gasteiger partial charge in [0.2, 0.25) is 0 Å². The highest BCUT2D eigenvalue weighted by Gasteiger charge is 2.43. The van der Waals surface area contributed by atoms with Crippen LogP contribution in [0.3, 0.4) is 0 Å². The number of hydrogen-bond donors (Lipinski definition) is 2. The first kappa shape index (κ1) is 32.5. The lowest BCUT2D eigenvalue weighted by atomic mass is 9.94. The maximum Gasteiger partial charge on any atom is 0.490 e. The number of carboxylic acid groups (broad SMARTS) is 2. The van der Waals surface area contributed by atoms with Crippen LogP contribution in [0.5, 0.6) is 0 Å². The van der Waals surface area contributed by atoms with Crippen molar-refractivity contribution in [2.75, 3.05) is 53.6 Å². The van der Waals surface area contributed by atoms with Gasteiger partial charge in [-0.1, -0.05) is 12.1 Å². The minimum absolute atomic E-state index is 0.183. The van der Waals surface area contributed by atoms with Crippen LogP contribution in [0.25, 0.3) is 0 Å². The molecule has 2 aliphatic rings. The Kier molecular flexibility index (Phi) is 12.2. The highest BCUT2D eigenvalue weighted by Crippen LogP contribution is 2.33. The summed E-state index contributed by atoms with van der Waals surface area (Å²) in [5.74, 6) is -5.13. The number of carboxylic acids is 2. The summed E-state index contributed by atoms with van der Waals surface area (Å²) in [5, 5.41) is 14.2. The zero-order valence-electron chi connectivity index (χ0n) is 20.1. The van der Waals surface area contributed by atoms with E-state index in [9.17, 15) is 30.7 Å². The smallest absolute Gasteiger partial charge is 0.475 e. The molecule has 2 fully saturated rings. The summed E-state index contributed by atoms with van der Waals surface area (Å²) in [5.41, 5.74) is 0.947. The van der Waals surface area contributed by atoms with Crippen molar-refractivity contribution in [3.63, 3.8) is 0 Å². The summed E-state index contributed by atoms with van der Waals surface area (Å²) in [7, 11) is 4.21. The molecule has 0 aliphatic carbocycles. The standard InChI is InChI=1S/C18H27FN2O2.2C2HF3O2/c1-20(2)10-16-9-18(23-12-16)13-21(7-8-22-14-18)11-15-3-5-17(19)6-4-15;2*3-2(4,5)1(6)7/h3-6,16H,7-14H2,1-2H3;2*(H,6,7). The maximum absolute atomic E-state index is 13.1. The fraction of sp³-hybridized carbons (Fsp3) is 0.636. The van der Waals surface area contributed by atoms with E-state index in [4.69, 9.17) is 29.3 Å². The summed E-state index contributed by atoms with van der Waals surface area (Å²) in [4.78, 5) is 22.4. The normalized spacial score (nSPS) is 22.5. The Morgan fingerprint density at radius 3 is 2.03 bits per heavy atom. The van der Waals surface area contributed by atoms with Gasteiger partial charge in [0.25, 0.3) is 0 Å².